The number of para-hydroxylation sites is 1. The Morgan fingerprint density at radius 2 is 2.00 bits per heavy atom. The van der Waals surface area contributed by atoms with Gasteiger partial charge in [-0.05, 0) is 12.1 Å². The molecule has 62 valence electrons. The van der Waals surface area contributed by atoms with E-state index in [1.165, 1.54) is 0 Å². The first kappa shape index (κ1) is 7.62. The molecule has 0 saturated carbocycles. The van der Waals surface area contributed by atoms with Crippen LogP contribution in [0.4, 0.5) is 5.69 Å². The quantitative estimate of drug-likeness (QED) is 0.648. The van der Waals surface area contributed by atoms with Crippen LogP contribution in [0.15, 0.2) is 35.4 Å². The van der Waals surface area contributed by atoms with E-state index in [0.717, 1.165) is 18.7 Å². The van der Waals surface area contributed by atoms with Crippen LogP contribution in [0.2, 0.25) is 0 Å². The van der Waals surface area contributed by atoms with Gasteiger partial charge in [0, 0.05) is 13.0 Å². The molecular formula is C9H9ClN2. The van der Waals surface area contributed by atoms with E-state index in [4.69, 9.17) is 11.6 Å². The second kappa shape index (κ2) is 3.15. The average Bonchev–Trinajstić information content (AvgIpc) is 2.54. The Bertz CT molecular complexity index is 295. The minimum atomic E-state index is 0.693. The fourth-order valence-corrected chi connectivity index (χ4v) is 1.39. The molecule has 0 radical (unpaired) electrons. The molecule has 0 spiro atoms. The summed E-state index contributed by atoms with van der Waals surface area (Å²) in [7, 11) is 0. The summed E-state index contributed by atoms with van der Waals surface area (Å²) in [6.07, 6.45) is 0.858. The third kappa shape index (κ3) is 1.43. The van der Waals surface area contributed by atoms with Crippen LogP contribution < -0.4 is 5.01 Å². The van der Waals surface area contributed by atoms with Crippen LogP contribution >= 0.6 is 11.6 Å². The molecule has 0 aliphatic carbocycles. The summed E-state index contributed by atoms with van der Waals surface area (Å²) < 4.78 is 0. The SMILES string of the molecule is ClC1=NN(c2ccccc2)CC1. The van der Waals surface area contributed by atoms with Crippen molar-refractivity contribution in [2.75, 3.05) is 11.6 Å². The van der Waals surface area contributed by atoms with E-state index in [1.54, 1.807) is 0 Å². The smallest absolute Gasteiger partial charge is 0.128 e. The van der Waals surface area contributed by atoms with Crippen molar-refractivity contribution in [3.05, 3.63) is 30.3 Å². The zero-order chi connectivity index (χ0) is 8.39. The van der Waals surface area contributed by atoms with Gasteiger partial charge in [0.1, 0.15) is 5.17 Å². The summed E-state index contributed by atoms with van der Waals surface area (Å²) in [6, 6.07) is 10.0. The molecule has 1 aromatic carbocycles. The van der Waals surface area contributed by atoms with Crippen LogP contribution in [0.3, 0.4) is 0 Å². The third-order valence-corrected chi connectivity index (χ3v) is 2.08. The van der Waals surface area contributed by atoms with Crippen LogP contribution in [0.5, 0.6) is 0 Å². The molecule has 0 aromatic heterocycles. The van der Waals surface area contributed by atoms with Crippen molar-refractivity contribution in [1.29, 1.82) is 0 Å². The lowest BCUT2D eigenvalue weighted by Gasteiger charge is -2.12. The second-order valence-corrected chi connectivity index (χ2v) is 3.12. The second-order valence-electron chi connectivity index (χ2n) is 2.68. The van der Waals surface area contributed by atoms with E-state index >= 15 is 0 Å². The van der Waals surface area contributed by atoms with Gasteiger partial charge in [-0.2, -0.15) is 5.10 Å². The van der Waals surface area contributed by atoms with E-state index < -0.39 is 0 Å². The van der Waals surface area contributed by atoms with Crippen molar-refractivity contribution in [2.45, 2.75) is 6.42 Å². The highest BCUT2D eigenvalue weighted by Crippen LogP contribution is 2.19. The molecule has 2 rings (SSSR count). The first-order valence-corrected chi connectivity index (χ1v) is 4.29. The number of rotatable bonds is 1. The van der Waals surface area contributed by atoms with Gasteiger partial charge in [0.2, 0.25) is 0 Å². The Balaban J connectivity index is 2.22. The lowest BCUT2D eigenvalue weighted by Crippen LogP contribution is -2.11. The van der Waals surface area contributed by atoms with Gasteiger partial charge in [-0.25, -0.2) is 0 Å². The fourth-order valence-electron chi connectivity index (χ4n) is 1.22. The molecule has 12 heavy (non-hydrogen) atoms. The van der Waals surface area contributed by atoms with E-state index in [9.17, 15) is 0 Å². The number of nitrogens with zero attached hydrogens (tertiary/aromatic N) is 2. The van der Waals surface area contributed by atoms with Crippen molar-refractivity contribution < 1.29 is 0 Å². The maximum Gasteiger partial charge on any atom is 0.128 e. The lowest BCUT2D eigenvalue weighted by atomic mass is 10.3. The monoisotopic (exact) mass is 180 g/mol. The number of halogens is 1. The van der Waals surface area contributed by atoms with E-state index in [-0.39, 0.29) is 0 Å². The maximum atomic E-state index is 5.77. The molecule has 0 amide bonds. The zero-order valence-electron chi connectivity index (χ0n) is 6.57. The first-order chi connectivity index (χ1) is 5.86. The van der Waals surface area contributed by atoms with Crippen LogP contribution in [0, 0.1) is 0 Å². The molecule has 1 aliphatic rings. The van der Waals surface area contributed by atoms with Gasteiger partial charge >= 0.3 is 0 Å². The molecule has 0 N–H and O–H groups in total. The van der Waals surface area contributed by atoms with Gasteiger partial charge in [-0.1, -0.05) is 29.8 Å². The van der Waals surface area contributed by atoms with Crippen LogP contribution in [0.1, 0.15) is 6.42 Å². The lowest BCUT2D eigenvalue weighted by molar-refractivity contribution is 0.922. The van der Waals surface area contributed by atoms with Crippen molar-refractivity contribution in [2.24, 2.45) is 5.10 Å². The highest BCUT2D eigenvalue weighted by atomic mass is 35.5. The van der Waals surface area contributed by atoms with Crippen molar-refractivity contribution >= 4 is 22.5 Å². The molecule has 0 fully saturated rings. The molecule has 0 atom stereocenters. The largest absolute Gasteiger partial charge is 0.264 e. The minimum absolute atomic E-state index is 0.693. The number of benzene rings is 1. The van der Waals surface area contributed by atoms with Crippen LogP contribution in [0.25, 0.3) is 0 Å². The minimum Gasteiger partial charge on any atom is -0.264 e. The van der Waals surface area contributed by atoms with Crippen LogP contribution in [-0.2, 0) is 0 Å². The molecule has 1 heterocycles. The molecule has 1 aromatic rings. The van der Waals surface area contributed by atoms with E-state index in [2.05, 4.69) is 5.10 Å². The molecule has 2 nitrogen and oxygen atoms in total. The summed E-state index contributed by atoms with van der Waals surface area (Å²) in [6.45, 7) is 0.892. The highest BCUT2D eigenvalue weighted by molar-refractivity contribution is 6.65. The predicted molar refractivity (Wildman–Crippen MR) is 51.7 cm³/mol. The van der Waals surface area contributed by atoms with Gasteiger partial charge in [0.25, 0.3) is 0 Å². The summed E-state index contributed by atoms with van der Waals surface area (Å²) in [4.78, 5) is 0. The average molecular weight is 181 g/mol. The van der Waals surface area contributed by atoms with Crippen LogP contribution in [-0.4, -0.2) is 11.7 Å². The Kier molecular flexibility index (Phi) is 2.00. The topological polar surface area (TPSA) is 15.6 Å². The number of hydrazone groups is 1. The Morgan fingerprint density at radius 3 is 2.58 bits per heavy atom. The molecule has 0 saturated heterocycles. The van der Waals surface area contributed by atoms with Gasteiger partial charge in [-0.3, -0.25) is 5.01 Å². The number of anilines is 1. The molecule has 3 heteroatoms. The summed E-state index contributed by atoms with van der Waals surface area (Å²) >= 11 is 5.77. The zero-order valence-corrected chi connectivity index (χ0v) is 7.33. The Morgan fingerprint density at radius 1 is 1.25 bits per heavy atom. The van der Waals surface area contributed by atoms with Gasteiger partial charge in [0.15, 0.2) is 0 Å². The molecule has 0 unspecified atom stereocenters. The van der Waals surface area contributed by atoms with E-state index in [1.807, 2.05) is 35.3 Å². The van der Waals surface area contributed by atoms with Gasteiger partial charge in [0.05, 0.1) is 5.69 Å². The Hall–Kier alpha value is -1.02. The third-order valence-electron chi connectivity index (χ3n) is 1.81. The molecule has 0 bridgehead atoms. The fraction of sp³-hybridized carbons (Fsp3) is 0.222. The predicted octanol–water partition coefficient (Wildman–Crippen LogP) is 2.45. The molecule has 1 aliphatic heterocycles. The number of hydrogen-bond donors (Lipinski definition) is 0. The summed E-state index contributed by atoms with van der Waals surface area (Å²) in [5.74, 6) is 0. The number of hydrogen-bond acceptors (Lipinski definition) is 2. The first-order valence-electron chi connectivity index (χ1n) is 3.92. The summed E-state index contributed by atoms with van der Waals surface area (Å²) in [5.41, 5.74) is 1.10. The normalized spacial score (nSPS) is 16.4. The summed E-state index contributed by atoms with van der Waals surface area (Å²) in [5, 5.41) is 6.79. The van der Waals surface area contributed by atoms with Gasteiger partial charge in [-0.15, -0.1) is 0 Å². The van der Waals surface area contributed by atoms with Gasteiger partial charge < -0.3 is 0 Å². The van der Waals surface area contributed by atoms with Crippen molar-refractivity contribution in [1.82, 2.24) is 0 Å². The molecular weight excluding hydrogens is 172 g/mol. The highest BCUT2D eigenvalue weighted by Gasteiger charge is 2.12. The van der Waals surface area contributed by atoms with E-state index in [0.29, 0.717) is 5.17 Å². The van der Waals surface area contributed by atoms with Crippen molar-refractivity contribution in [3.8, 4) is 0 Å². The Labute approximate surface area is 76.4 Å². The standard InChI is InChI=1S/C9H9ClN2/c10-9-6-7-12(11-9)8-4-2-1-3-5-8/h1-5H,6-7H2. The van der Waals surface area contributed by atoms with Crippen molar-refractivity contribution in [3.63, 3.8) is 0 Å². The maximum absolute atomic E-state index is 5.77.